The number of carbonyl (C=O) groups excluding carboxylic acids is 5. The molecule has 2 atom stereocenters. The fourth-order valence-electron chi connectivity index (χ4n) is 11.0. The van der Waals surface area contributed by atoms with Gasteiger partial charge >= 0.3 is 12.2 Å². The number of ether oxygens (including phenoxy) is 1. The van der Waals surface area contributed by atoms with E-state index in [1.165, 1.54) is 18.4 Å². The Morgan fingerprint density at radius 1 is 0.700 bits per heavy atom. The summed E-state index contributed by atoms with van der Waals surface area (Å²) in [5, 5.41) is 47.7. The Balaban J connectivity index is 0.000000236. The monoisotopic (exact) mass is 1310 g/mol. The zero-order valence-corrected chi connectivity index (χ0v) is 53.4. The van der Waals surface area contributed by atoms with E-state index < -0.39 is 45.8 Å². The van der Waals surface area contributed by atoms with Crippen molar-refractivity contribution in [2.45, 2.75) is 114 Å². The molecule has 9 N–H and O–H groups in total. The van der Waals surface area contributed by atoms with E-state index in [1.807, 2.05) is 76.2 Å². The molecule has 90 heavy (non-hydrogen) atoms. The number of anilines is 2. The van der Waals surface area contributed by atoms with Crippen LogP contribution < -0.4 is 31.9 Å². The molecule has 0 aliphatic heterocycles. The van der Waals surface area contributed by atoms with E-state index in [0.717, 1.165) is 56.3 Å². The molecular formula is C63H76BrN15O10S. The third kappa shape index (κ3) is 18.6. The Kier molecular flexibility index (Phi) is 22.7. The van der Waals surface area contributed by atoms with Gasteiger partial charge in [0.25, 0.3) is 0 Å². The Labute approximate surface area is 530 Å². The van der Waals surface area contributed by atoms with E-state index in [4.69, 9.17) is 15.6 Å². The number of hydrogen-bond acceptors (Lipinski definition) is 15. The number of carbonyl (C=O) groups is 6. The number of benzene rings is 5. The molecule has 0 radical (unpaired) electrons. The predicted molar refractivity (Wildman–Crippen MR) is 340 cm³/mol. The number of tetrazole rings is 2. The Morgan fingerprint density at radius 2 is 1.22 bits per heavy atom. The lowest BCUT2D eigenvalue weighted by Crippen LogP contribution is -2.52. The van der Waals surface area contributed by atoms with Gasteiger partial charge in [0.1, 0.15) is 17.7 Å². The highest BCUT2D eigenvalue weighted by Gasteiger charge is 2.37. The van der Waals surface area contributed by atoms with Gasteiger partial charge in [-0.15, -0.1) is 10.2 Å². The van der Waals surface area contributed by atoms with Crippen molar-refractivity contribution in [2.24, 2.45) is 29.4 Å². The van der Waals surface area contributed by atoms with Crippen molar-refractivity contribution in [1.29, 1.82) is 0 Å². The number of aryl methyl sites for hydroxylation is 1. The summed E-state index contributed by atoms with van der Waals surface area (Å²) in [6, 6.07) is 32.5. The number of halogens is 1. The van der Waals surface area contributed by atoms with E-state index in [2.05, 4.69) is 78.4 Å². The van der Waals surface area contributed by atoms with Crippen molar-refractivity contribution in [3.05, 3.63) is 136 Å². The van der Waals surface area contributed by atoms with Crippen LogP contribution in [0.5, 0.6) is 0 Å². The highest BCUT2D eigenvalue weighted by atomic mass is 79.9. The molecule has 2 fully saturated rings. The molecule has 476 valence electrons. The molecule has 2 aromatic heterocycles. The molecule has 0 unspecified atom stereocenters. The molecule has 2 aliphatic rings. The standard InChI is InChI=1S/C34H40N8O6S.C29H36BrN7O4/c1-21-4-17-28(49(47,48)42(2)3)19-29(21)24-9-5-22(6-10-24)18-30(37-32(43)26-11-7-23(8-12-26)20-35-34(45)46)33(44)36-27-15-13-25(14-16-27)31-38-40-41-39-31;1-29(2,3)41-28(40)32-17-19-4-8-21(9-5-19)27(39)37(23-14-10-20(11-15-23)26-33-35-36-34-26)24(25(31)38)16-18-6-12-22(30)13-7-18/h4-6,9-10,13-17,19,23,26,30,35H,7-8,11-12,18,20H2,1-3H3,(H,36,44)(H,37,43)(H,45,46)(H,38,39,40,41);6-7,10-15,19,21,24H,4-5,8-9,16-17H2,1-3H3,(H2,31,38)(H,32,40)(H,33,34,35,36)/t23-,26-,30-;19-,21-,24-/m00/s1. The van der Waals surface area contributed by atoms with Gasteiger partial charge in [-0.05, 0) is 212 Å². The van der Waals surface area contributed by atoms with Crippen LogP contribution in [0.25, 0.3) is 33.9 Å². The van der Waals surface area contributed by atoms with Crippen LogP contribution in [0.1, 0.15) is 88.8 Å². The van der Waals surface area contributed by atoms with E-state index in [1.54, 1.807) is 71.6 Å². The summed E-state index contributed by atoms with van der Waals surface area (Å²) in [7, 11) is -0.633. The van der Waals surface area contributed by atoms with Crippen LogP contribution in [0.15, 0.2) is 125 Å². The van der Waals surface area contributed by atoms with Crippen LogP contribution >= 0.6 is 15.9 Å². The zero-order valence-electron chi connectivity index (χ0n) is 51.0. The van der Waals surface area contributed by atoms with Gasteiger partial charge in [-0.2, -0.15) is 0 Å². The van der Waals surface area contributed by atoms with E-state index in [-0.39, 0.29) is 59.1 Å². The van der Waals surface area contributed by atoms with Gasteiger partial charge in [-0.1, -0.05) is 58.4 Å². The highest BCUT2D eigenvalue weighted by molar-refractivity contribution is 9.10. The SMILES string of the molecule is CC(C)(C)OC(=O)NC[C@H]1CC[C@H](C(=O)N(c2ccc(-c3nnn[nH]3)cc2)[C@@H](Cc2ccc(Br)cc2)C(N)=O)CC1.Cc1ccc(S(=O)(=O)N(C)C)cc1-c1ccc(C[C@H](NC(=O)[C@H]2CC[C@H](CNC(=O)O)CC2)C(=O)Nc2ccc(-c3nnn[nH]3)cc2)cc1. The number of nitrogens with two attached hydrogens (primary N) is 1. The summed E-state index contributed by atoms with van der Waals surface area (Å²) in [5.74, 6) is -0.508. The largest absolute Gasteiger partial charge is 0.465 e. The molecular weight excluding hydrogens is 1240 g/mol. The number of alkyl carbamates (subject to hydrolysis) is 1. The molecule has 7 aromatic rings. The number of carboxylic acid groups (broad SMARTS) is 1. The number of amides is 6. The average molecular weight is 1320 g/mol. The van der Waals surface area contributed by atoms with Crippen molar-refractivity contribution >= 4 is 73.1 Å². The average Bonchev–Trinajstić information content (AvgIpc) is 0.971. The minimum atomic E-state index is -3.62. The summed E-state index contributed by atoms with van der Waals surface area (Å²) in [5.41, 5.74) is 12.1. The molecule has 0 bridgehead atoms. The molecule has 0 saturated heterocycles. The van der Waals surface area contributed by atoms with Crippen molar-refractivity contribution in [3.8, 4) is 33.9 Å². The number of primary amides is 1. The van der Waals surface area contributed by atoms with Gasteiger partial charge in [-0.3, -0.25) is 24.1 Å². The normalized spacial score (nSPS) is 17.3. The van der Waals surface area contributed by atoms with Gasteiger partial charge in [0.15, 0.2) is 11.6 Å². The first-order valence-electron chi connectivity index (χ1n) is 29.6. The van der Waals surface area contributed by atoms with Gasteiger partial charge in [0.05, 0.1) is 4.90 Å². The number of nitrogens with zero attached hydrogens (tertiary/aromatic N) is 8. The molecule has 5 aromatic carbocycles. The van der Waals surface area contributed by atoms with Crippen LogP contribution in [-0.2, 0) is 46.8 Å². The summed E-state index contributed by atoms with van der Waals surface area (Å²) < 4.78 is 32.9. The summed E-state index contributed by atoms with van der Waals surface area (Å²) >= 11 is 3.44. The smallest absolute Gasteiger partial charge is 0.407 e. The minimum absolute atomic E-state index is 0.140. The number of hydrogen-bond donors (Lipinski definition) is 8. The van der Waals surface area contributed by atoms with Crippen molar-refractivity contribution in [3.63, 3.8) is 0 Å². The van der Waals surface area contributed by atoms with Crippen LogP contribution in [0, 0.1) is 30.6 Å². The lowest BCUT2D eigenvalue weighted by Gasteiger charge is -2.36. The molecule has 0 spiro atoms. The second-order valence-corrected chi connectivity index (χ2v) is 26.9. The van der Waals surface area contributed by atoms with Crippen LogP contribution in [-0.4, -0.2) is 140 Å². The second-order valence-electron chi connectivity index (χ2n) is 23.8. The fourth-order valence-corrected chi connectivity index (χ4v) is 12.2. The Bertz CT molecular complexity index is 3670. The van der Waals surface area contributed by atoms with E-state index in [9.17, 15) is 37.2 Å². The van der Waals surface area contributed by atoms with Crippen molar-refractivity contribution < 1.29 is 47.0 Å². The number of aromatic amines is 2. The van der Waals surface area contributed by atoms with Crippen LogP contribution in [0.2, 0.25) is 0 Å². The van der Waals surface area contributed by atoms with Gasteiger partial charge in [0.2, 0.25) is 33.7 Å². The lowest BCUT2D eigenvalue weighted by atomic mass is 9.81. The maximum absolute atomic E-state index is 14.1. The number of sulfonamides is 1. The third-order valence-corrected chi connectivity index (χ3v) is 18.3. The summed E-state index contributed by atoms with van der Waals surface area (Å²) in [6.45, 7) is 8.23. The summed E-state index contributed by atoms with van der Waals surface area (Å²) in [4.78, 5) is 78.8. The fraction of sp³-hybridized carbons (Fsp3) is 0.397. The predicted octanol–water partition coefficient (Wildman–Crippen LogP) is 8.22. The second kappa shape index (κ2) is 30.5. The number of rotatable bonds is 21. The molecule has 2 heterocycles. The maximum Gasteiger partial charge on any atom is 0.407 e. The Morgan fingerprint density at radius 3 is 1.74 bits per heavy atom. The first-order valence-corrected chi connectivity index (χ1v) is 31.9. The number of H-pyrrole nitrogens is 2. The van der Waals surface area contributed by atoms with Gasteiger partial charge in [0, 0.05) is 78.8 Å². The first-order chi connectivity index (χ1) is 42.9. The molecule has 2 saturated carbocycles. The molecule has 27 heteroatoms. The van der Waals surface area contributed by atoms with Gasteiger partial charge < -0.3 is 36.8 Å². The van der Waals surface area contributed by atoms with Crippen LogP contribution in [0.3, 0.4) is 0 Å². The minimum Gasteiger partial charge on any atom is -0.465 e. The zero-order chi connectivity index (χ0) is 64.7. The molecule has 6 amide bonds. The molecule has 2 aliphatic carbocycles. The Hall–Kier alpha value is -8.95. The van der Waals surface area contributed by atoms with Crippen LogP contribution in [0.4, 0.5) is 21.0 Å². The molecule has 9 rings (SSSR count). The van der Waals surface area contributed by atoms with Crippen molar-refractivity contribution in [1.82, 2.24) is 61.5 Å². The van der Waals surface area contributed by atoms with Gasteiger partial charge in [-0.25, -0.2) is 32.5 Å². The van der Waals surface area contributed by atoms with E-state index in [0.29, 0.717) is 74.6 Å². The number of aromatic nitrogens is 8. The number of nitrogens with one attached hydrogen (secondary N) is 6. The quantitative estimate of drug-likeness (QED) is 0.0336. The molecule has 25 nitrogen and oxygen atoms in total. The van der Waals surface area contributed by atoms with E-state index >= 15 is 0 Å². The van der Waals surface area contributed by atoms with Crippen molar-refractivity contribution in [2.75, 3.05) is 37.4 Å². The highest BCUT2D eigenvalue weighted by Crippen LogP contribution is 2.35. The lowest BCUT2D eigenvalue weighted by molar-refractivity contribution is -0.130. The summed E-state index contributed by atoms with van der Waals surface area (Å²) in [6.07, 6.45) is 4.42. The third-order valence-electron chi connectivity index (χ3n) is 16.0. The first kappa shape index (κ1) is 67.0. The maximum atomic E-state index is 14.1. The topological polar surface area (TPSA) is 356 Å².